The molecule has 15 heteroatoms. The highest BCUT2D eigenvalue weighted by molar-refractivity contribution is 7.92. The average Bonchev–Trinajstić information content (AvgIpc) is 2.71. The summed E-state index contributed by atoms with van der Waals surface area (Å²) >= 11 is 5.90. The highest BCUT2D eigenvalue weighted by atomic mass is 35.5. The van der Waals surface area contributed by atoms with Crippen molar-refractivity contribution < 1.29 is 34.8 Å². The van der Waals surface area contributed by atoms with E-state index in [0.717, 1.165) is 42.9 Å². The fourth-order valence-electron chi connectivity index (χ4n) is 2.93. The summed E-state index contributed by atoms with van der Waals surface area (Å²) in [6.45, 7) is 1.19. The minimum Gasteiger partial charge on any atom is -0.287 e. The standard InChI is InChI=1S/C20H16ClF3N4O5S2/c1-11-3-4-14(9-15(11)20(22,23)24)35(32,33)27-16-8-13(21)10-26-18(16)19(29)12-5-6-25-17(7-12)28-34(2,30)31/h3-10,27H,1-2H3,(H,25,28). The summed E-state index contributed by atoms with van der Waals surface area (Å²) in [5.74, 6) is -1.01. The zero-order valence-electron chi connectivity index (χ0n) is 17.9. The highest BCUT2D eigenvalue weighted by Gasteiger charge is 2.34. The van der Waals surface area contributed by atoms with Crippen LogP contribution in [0.4, 0.5) is 24.7 Å². The second-order valence-corrected chi connectivity index (χ2v) is 11.1. The number of nitrogens with one attached hydrogen (secondary N) is 2. The number of nitrogens with zero attached hydrogens (tertiary/aromatic N) is 2. The van der Waals surface area contributed by atoms with Crippen LogP contribution in [-0.2, 0) is 26.2 Å². The van der Waals surface area contributed by atoms with E-state index >= 15 is 0 Å². The number of ketones is 1. The fourth-order valence-corrected chi connectivity index (χ4v) is 4.66. The number of rotatable bonds is 7. The van der Waals surface area contributed by atoms with Gasteiger partial charge in [-0.2, -0.15) is 13.2 Å². The number of alkyl halides is 3. The number of halogens is 4. The molecule has 0 unspecified atom stereocenters. The summed E-state index contributed by atoms with van der Waals surface area (Å²) < 4.78 is 92.5. The number of carbonyl (C=O) groups is 1. The molecule has 1 aromatic carbocycles. The first kappa shape index (κ1) is 26.4. The Balaban J connectivity index is 2.03. The van der Waals surface area contributed by atoms with E-state index in [1.54, 1.807) is 0 Å². The van der Waals surface area contributed by atoms with Gasteiger partial charge in [-0.05, 0) is 42.8 Å². The largest absolute Gasteiger partial charge is 0.416 e. The molecule has 0 aliphatic heterocycles. The SMILES string of the molecule is Cc1ccc(S(=O)(=O)Nc2cc(Cl)cnc2C(=O)c2ccnc(NS(C)(=O)=O)c2)cc1C(F)(F)F. The Labute approximate surface area is 203 Å². The normalized spacial score (nSPS) is 12.3. The number of hydrogen-bond donors (Lipinski definition) is 2. The number of benzene rings is 1. The third-order valence-electron chi connectivity index (χ3n) is 4.45. The molecule has 0 amide bonds. The van der Waals surface area contributed by atoms with Crippen molar-refractivity contribution in [3.8, 4) is 0 Å². The Bertz CT molecular complexity index is 1530. The van der Waals surface area contributed by atoms with Gasteiger partial charge in [0.1, 0.15) is 11.5 Å². The second kappa shape index (κ2) is 9.43. The molecule has 0 spiro atoms. The van der Waals surface area contributed by atoms with E-state index in [1.165, 1.54) is 13.0 Å². The van der Waals surface area contributed by atoms with Gasteiger partial charge in [-0.3, -0.25) is 14.2 Å². The van der Waals surface area contributed by atoms with E-state index in [9.17, 15) is 34.8 Å². The molecule has 0 saturated heterocycles. The van der Waals surface area contributed by atoms with Gasteiger partial charge in [0.15, 0.2) is 0 Å². The second-order valence-electron chi connectivity index (χ2n) is 7.26. The van der Waals surface area contributed by atoms with E-state index < -0.39 is 53.8 Å². The highest BCUT2D eigenvalue weighted by Crippen LogP contribution is 2.34. The maximum atomic E-state index is 13.3. The van der Waals surface area contributed by atoms with Gasteiger partial charge in [0, 0.05) is 18.0 Å². The lowest BCUT2D eigenvalue weighted by atomic mass is 10.1. The first-order valence-electron chi connectivity index (χ1n) is 9.41. The van der Waals surface area contributed by atoms with Crippen molar-refractivity contribution in [1.29, 1.82) is 0 Å². The Morgan fingerprint density at radius 1 is 1.00 bits per heavy atom. The number of sulfonamides is 2. The van der Waals surface area contributed by atoms with Gasteiger partial charge in [-0.15, -0.1) is 0 Å². The summed E-state index contributed by atoms with van der Waals surface area (Å²) in [5, 5.41) is -0.0618. The quantitative estimate of drug-likeness (QED) is 0.428. The molecular weight excluding hydrogens is 533 g/mol. The molecule has 0 saturated carbocycles. The smallest absolute Gasteiger partial charge is 0.287 e. The van der Waals surface area contributed by atoms with Crippen LogP contribution in [0.3, 0.4) is 0 Å². The molecule has 9 nitrogen and oxygen atoms in total. The van der Waals surface area contributed by atoms with Crippen molar-refractivity contribution in [3.05, 3.63) is 76.2 Å². The van der Waals surface area contributed by atoms with Crippen LogP contribution in [0.25, 0.3) is 0 Å². The van der Waals surface area contributed by atoms with Crippen LogP contribution >= 0.6 is 11.6 Å². The summed E-state index contributed by atoms with van der Waals surface area (Å²) in [6, 6.07) is 5.87. The maximum absolute atomic E-state index is 13.3. The van der Waals surface area contributed by atoms with Gasteiger partial charge in [0.2, 0.25) is 15.8 Å². The Morgan fingerprint density at radius 2 is 1.69 bits per heavy atom. The van der Waals surface area contributed by atoms with Gasteiger partial charge >= 0.3 is 6.18 Å². The fraction of sp³-hybridized carbons (Fsp3) is 0.150. The van der Waals surface area contributed by atoms with Gasteiger partial charge < -0.3 is 0 Å². The molecule has 0 atom stereocenters. The van der Waals surface area contributed by atoms with Crippen LogP contribution in [0.1, 0.15) is 27.2 Å². The topological polar surface area (TPSA) is 135 Å². The third kappa shape index (κ3) is 6.46. The molecule has 3 aromatic rings. The molecule has 0 fully saturated rings. The maximum Gasteiger partial charge on any atom is 0.416 e. The van der Waals surface area contributed by atoms with Gasteiger partial charge in [-0.1, -0.05) is 17.7 Å². The Kier molecular flexibility index (Phi) is 7.11. The van der Waals surface area contributed by atoms with Crippen LogP contribution in [0.2, 0.25) is 5.02 Å². The van der Waals surface area contributed by atoms with Crippen LogP contribution in [0, 0.1) is 6.92 Å². The minimum atomic E-state index is -4.78. The number of carbonyl (C=O) groups excluding carboxylic acids is 1. The lowest BCUT2D eigenvalue weighted by molar-refractivity contribution is -0.138. The molecule has 3 rings (SSSR count). The molecule has 2 N–H and O–H groups in total. The van der Waals surface area contributed by atoms with Crippen LogP contribution in [0.5, 0.6) is 0 Å². The number of anilines is 2. The Morgan fingerprint density at radius 3 is 2.31 bits per heavy atom. The zero-order chi connectivity index (χ0) is 26.2. The van der Waals surface area contributed by atoms with E-state index in [1.807, 2.05) is 0 Å². The lowest BCUT2D eigenvalue weighted by Crippen LogP contribution is -2.18. The van der Waals surface area contributed by atoms with Gasteiger partial charge in [0.25, 0.3) is 10.0 Å². The summed E-state index contributed by atoms with van der Waals surface area (Å²) in [7, 11) is -8.30. The summed E-state index contributed by atoms with van der Waals surface area (Å²) in [5.41, 5.74) is -2.24. The van der Waals surface area contributed by atoms with Gasteiger partial charge in [0.05, 0.1) is 27.4 Å². The molecule has 0 bridgehead atoms. The molecule has 186 valence electrons. The number of aryl methyl sites for hydroxylation is 1. The Hall–Kier alpha value is -3.23. The lowest BCUT2D eigenvalue weighted by Gasteiger charge is -2.15. The molecule has 0 aliphatic carbocycles. The predicted molar refractivity (Wildman–Crippen MR) is 122 cm³/mol. The summed E-state index contributed by atoms with van der Waals surface area (Å²) in [4.78, 5) is 20.0. The van der Waals surface area contributed by atoms with Crippen LogP contribution in [-0.4, -0.2) is 38.8 Å². The first-order valence-corrected chi connectivity index (χ1v) is 13.2. The van der Waals surface area contributed by atoms with E-state index in [2.05, 4.69) is 19.4 Å². The van der Waals surface area contributed by atoms with Crippen LogP contribution < -0.4 is 9.44 Å². The number of pyridine rings is 2. The van der Waals surface area contributed by atoms with Crippen molar-refractivity contribution >= 4 is 48.9 Å². The zero-order valence-corrected chi connectivity index (χ0v) is 20.3. The van der Waals surface area contributed by atoms with Crippen molar-refractivity contribution in [1.82, 2.24) is 9.97 Å². The molecule has 2 aromatic heterocycles. The molecule has 0 radical (unpaired) electrons. The van der Waals surface area contributed by atoms with E-state index in [4.69, 9.17) is 11.6 Å². The summed E-state index contributed by atoms with van der Waals surface area (Å²) in [6.07, 6.45) is -1.69. The van der Waals surface area contributed by atoms with Crippen molar-refractivity contribution in [3.63, 3.8) is 0 Å². The number of hydrogen-bond acceptors (Lipinski definition) is 7. The van der Waals surface area contributed by atoms with Gasteiger partial charge in [-0.25, -0.2) is 26.8 Å². The van der Waals surface area contributed by atoms with E-state index in [0.29, 0.717) is 6.07 Å². The number of aromatic nitrogens is 2. The first-order chi connectivity index (χ1) is 16.1. The monoisotopic (exact) mass is 548 g/mol. The van der Waals surface area contributed by atoms with E-state index in [-0.39, 0.29) is 22.0 Å². The van der Waals surface area contributed by atoms with Crippen molar-refractivity contribution in [2.24, 2.45) is 0 Å². The molecular formula is C20H16ClF3N4O5S2. The third-order valence-corrected chi connectivity index (χ3v) is 6.60. The van der Waals surface area contributed by atoms with Crippen molar-refractivity contribution in [2.75, 3.05) is 15.7 Å². The predicted octanol–water partition coefficient (Wildman–Crippen LogP) is 3.86. The van der Waals surface area contributed by atoms with Crippen LogP contribution in [0.15, 0.2) is 53.7 Å². The average molecular weight is 549 g/mol. The minimum absolute atomic E-state index is 0.0618. The van der Waals surface area contributed by atoms with Crippen molar-refractivity contribution in [2.45, 2.75) is 18.0 Å². The molecule has 35 heavy (non-hydrogen) atoms. The molecule has 0 aliphatic rings. The molecule has 2 heterocycles.